The van der Waals surface area contributed by atoms with E-state index in [0.717, 1.165) is 48.9 Å². The molecule has 4 nitrogen and oxygen atoms in total. The molecule has 1 aliphatic heterocycles. The molecule has 1 amide bonds. The summed E-state index contributed by atoms with van der Waals surface area (Å²) < 4.78 is 0. The number of carbonyl (C=O) groups excluding carboxylic acids is 1. The van der Waals surface area contributed by atoms with E-state index in [1.807, 2.05) is 43.0 Å². The number of rotatable bonds is 6. The zero-order chi connectivity index (χ0) is 15.1. The van der Waals surface area contributed by atoms with Crippen LogP contribution in [0.5, 0.6) is 0 Å². The van der Waals surface area contributed by atoms with Crippen LogP contribution in [0.4, 0.5) is 11.4 Å². The molecule has 0 spiro atoms. The van der Waals surface area contributed by atoms with E-state index < -0.39 is 0 Å². The molecule has 116 valence electrons. The number of nitrogens with one attached hydrogen (secondary N) is 2. The van der Waals surface area contributed by atoms with Gasteiger partial charge in [-0.15, -0.1) is 0 Å². The second-order valence-electron chi connectivity index (χ2n) is 5.29. The van der Waals surface area contributed by atoms with Crippen molar-refractivity contribution in [1.29, 1.82) is 0 Å². The molecule has 2 N–H and O–H groups in total. The number of anilines is 2. The lowest BCUT2D eigenvalue weighted by atomic mass is 10.2. The van der Waals surface area contributed by atoms with Crippen molar-refractivity contribution in [2.75, 3.05) is 41.8 Å². The average molecular weight is 307 g/mol. The molecule has 0 unspecified atom stereocenters. The van der Waals surface area contributed by atoms with Crippen molar-refractivity contribution in [2.45, 2.75) is 26.3 Å². The average Bonchev–Trinajstić information content (AvgIpc) is 2.54. The van der Waals surface area contributed by atoms with Crippen LogP contribution in [0.1, 0.15) is 20.3 Å². The number of hydrogen-bond acceptors (Lipinski definition) is 4. The summed E-state index contributed by atoms with van der Waals surface area (Å²) in [5, 5.41) is 6.42. The van der Waals surface area contributed by atoms with E-state index in [2.05, 4.69) is 22.5 Å². The molecule has 1 aromatic carbocycles. The van der Waals surface area contributed by atoms with Crippen molar-refractivity contribution in [3.8, 4) is 0 Å². The fourth-order valence-corrected chi connectivity index (χ4v) is 3.31. The number of amides is 1. The van der Waals surface area contributed by atoms with Crippen molar-refractivity contribution in [1.82, 2.24) is 4.90 Å². The normalized spacial score (nSPS) is 17.2. The predicted molar refractivity (Wildman–Crippen MR) is 92.2 cm³/mol. The Morgan fingerprint density at radius 2 is 1.95 bits per heavy atom. The fourth-order valence-electron chi connectivity index (χ4n) is 2.37. The molecule has 1 saturated heterocycles. The molecule has 0 aliphatic carbocycles. The van der Waals surface area contributed by atoms with Crippen LogP contribution in [0.15, 0.2) is 24.3 Å². The minimum atomic E-state index is -0.0786. The van der Waals surface area contributed by atoms with Crippen LogP contribution in [0.25, 0.3) is 0 Å². The maximum absolute atomic E-state index is 12.5. The number of benzene rings is 1. The second-order valence-corrected chi connectivity index (χ2v) is 6.51. The second kappa shape index (κ2) is 8.29. The molecule has 1 aliphatic rings. The summed E-state index contributed by atoms with van der Waals surface area (Å²) in [4.78, 5) is 14.7. The molecule has 21 heavy (non-hydrogen) atoms. The summed E-state index contributed by atoms with van der Waals surface area (Å²) in [7, 11) is 0. The van der Waals surface area contributed by atoms with Crippen LogP contribution in [0.3, 0.4) is 0 Å². The van der Waals surface area contributed by atoms with Gasteiger partial charge in [0.15, 0.2) is 0 Å². The molecule has 1 aromatic rings. The third-order valence-electron chi connectivity index (χ3n) is 3.72. The van der Waals surface area contributed by atoms with Crippen LogP contribution in [-0.4, -0.2) is 48.0 Å². The molecule has 0 aromatic heterocycles. The van der Waals surface area contributed by atoms with Gasteiger partial charge in [0.2, 0.25) is 5.91 Å². The van der Waals surface area contributed by atoms with Crippen LogP contribution in [0.2, 0.25) is 0 Å². The Bertz CT molecular complexity index is 461. The quantitative estimate of drug-likeness (QED) is 0.848. The zero-order valence-electron chi connectivity index (χ0n) is 12.9. The third-order valence-corrected chi connectivity index (χ3v) is 4.67. The van der Waals surface area contributed by atoms with Gasteiger partial charge in [-0.3, -0.25) is 9.69 Å². The van der Waals surface area contributed by atoms with Gasteiger partial charge in [0.25, 0.3) is 0 Å². The molecule has 1 atom stereocenters. The van der Waals surface area contributed by atoms with E-state index in [0.29, 0.717) is 0 Å². The first-order chi connectivity index (χ1) is 10.2. The number of nitrogens with zero attached hydrogens (tertiary/aromatic N) is 1. The molecule has 1 fully saturated rings. The number of para-hydroxylation sites is 2. The van der Waals surface area contributed by atoms with Crippen molar-refractivity contribution < 1.29 is 4.79 Å². The highest BCUT2D eigenvalue weighted by molar-refractivity contribution is 7.99. The van der Waals surface area contributed by atoms with E-state index in [1.165, 1.54) is 0 Å². The van der Waals surface area contributed by atoms with Gasteiger partial charge in [-0.2, -0.15) is 11.8 Å². The Balaban J connectivity index is 1.98. The monoisotopic (exact) mass is 307 g/mol. The van der Waals surface area contributed by atoms with Gasteiger partial charge in [0.05, 0.1) is 17.4 Å². The number of thioether (sulfide) groups is 1. The molecule has 1 heterocycles. The Morgan fingerprint density at radius 3 is 2.62 bits per heavy atom. The van der Waals surface area contributed by atoms with Gasteiger partial charge < -0.3 is 10.6 Å². The highest BCUT2D eigenvalue weighted by Crippen LogP contribution is 2.22. The first kappa shape index (κ1) is 16.2. The first-order valence-electron chi connectivity index (χ1n) is 7.68. The van der Waals surface area contributed by atoms with Gasteiger partial charge in [0.1, 0.15) is 0 Å². The van der Waals surface area contributed by atoms with Crippen LogP contribution in [0, 0.1) is 0 Å². The topological polar surface area (TPSA) is 44.4 Å². The van der Waals surface area contributed by atoms with Crippen LogP contribution in [-0.2, 0) is 4.79 Å². The summed E-state index contributed by atoms with van der Waals surface area (Å²) >= 11 is 1.96. The molecule has 0 bridgehead atoms. The predicted octanol–water partition coefficient (Wildman–Crippen LogP) is 2.88. The summed E-state index contributed by atoms with van der Waals surface area (Å²) in [6.07, 6.45) is 1.06. The lowest BCUT2D eigenvalue weighted by Crippen LogP contribution is -2.46. The largest absolute Gasteiger partial charge is 0.383 e. The van der Waals surface area contributed by atoms with Crippen molar-refractivity contribution in [3.05, 3.63) is 24.3 Å². The number of hydrogen-bond donors (Lipinski definition) is 2. The van der Waals surface area contributed by atoms with Crippen molar-refractivity contribution >= 4 is 29.0 Å². The molecule has 2 rings (SSSR count). The summed E-state index contributed by atoms with van der Waals surface area (Å²) in [5.74, 6) is 2.31. The van der Waals surface area contributed by atoms with Gasteiger partial charge in [-0.25, -0.2) is 0 Å². The van der Waals surface area contributed by atoms with Crippen molar-refractivity contribution in [2.24, 2.45) is 0 Å². The van der Waals surface area contributed by atoms with Crippen LogP contribution >= 0.6 is 11.8 Å². The van der Waals surface area contributed by atoms with E-state index >= 15 is 0 Å². The third kappa shape index (κ3) is 4.64. The lowest BCUT2D eigenvalue weighted by molar-refractivity contribution is -0.120. The lowest BCUT2D eigenvalue weighted by Gasteiger charge is -2.31. The van der Waals surface area contributed by atoms with Crippen LogP contribution < -0.4 is 10.6 Å². The highest BCUT2D eigenvalue weighted by Gasteiger charge is 2.23. The van der Waals surface area contributed by atoms with Gasteiger partial charge in [0, 0.05) is 31.1 Å². The molecule has 5 heteroatoms. The highest BCUT2D eigenvalue weighted by atomic mass is 32.2. The first-order valence-corrected chi connectivity index (χ1v) is 8.83. The molecular weight excluding hydrogens is 282 g/mol. The summed E-state index contributed by atoms with van der Waals surface area (Å²) in [6, 6.07) is 7.82. The van der Waals surface area contributed by atoms with E-state index in [9.17, 15) is 4.79 Å². The Morgan fingerprint density at radius 1 is 1.29 bits per heavy atom. The molecule has 0 saturated carbocycles. The van der Waals surface area contributed by atoms with E-state index in [-0.39, 0.29) is 11.9 Å². The fraction of sp³-hybridized carbons (Fsp3) is 0.562. The Labute approximate surface area is 131 Å². The molecule has 0 radical (unpaired) electrons. The van der Waals surface area contributed by atoms with Gasteiger partial charge >= 0.3 is 0 Å². The Hall–Kier alpha value is -1.20. The van der Waals surface area contributed by atoms with Gasteiger partial charge in [-0.1, -0.05) is 19.1 Å². The standard InChI is InChI=1S/C16H25N3OS/c1-3-8-17-14-6-4-5-7-15(14)18-16(20)13(2)19-9-11-21-12-10-19/h4-7,13,17H,3,8-12H2,1-2H3,(H,18,20)/t13-/m0/s1. The maximum Gasteiger partial charge on any atom is 0.241 e. The van der Waals surface area contributed by atoms with Crippen molar-refractivity contribution in [3.63, 3.8) is 0 Å². The minimum absolute atomic E-state index is 0.0765. The number of carbonyl (C=O) groups is 1. The summed E-state index contributed by atoms with van der Waals surface area (Å²) in [6.45, 7) is 7.02. The minimum Gasteiger partial charge on any atom is -0.383 e. The smallest absolute Gasteiger partial charge is 0.241 e. The maximum atomic E-state index is 12.5. The molecular formula is C16H25N3OS. The van der Waals surface area contributed by atoms with Gasteiger partial charge in [-0.05, 0) is 25.5 Å². The summed E-state index contributed by atoms with van der Waals surface area (Å²) in [5.41, 5.74) is 1.86. The zero-order valence-corrected chi connectivity index (χ0v) is 13.7. The SMILES string of the molecule is CCCNc1ccccc1NC(=O)[C@H](C)N1CCSCC1. The van der Waals surface area contributed by atoms with E-state index in [4.69, 9.17) is 0 Å². The Kier molecular flexibility index (Phi) is 6.39. The van der Waals surface area contributed by atoms with E-state index in [1.54, 1.807) is 0 Å².